The van der Waals surface area contributed by atoms with Gasteiger partial charge in [-0.1, -0.05) is 23.7 Å². The van der Waals surface area contributed by atoms with Crippen LogP contribution in [0.3, 0.4) is 0 Å². The van der Waals surface area contributed by atoms with Crippen LogP contribution < -0.4 is 5.32 Å². The largest absolute Gasteiger partial charge is 0.358 e. The number of aromatic amines is 1. The maximum Gasteiger partial charge on any atom is 0.317 e. The molecule has 0 radical (unpaired) electrons. The van der Waals surface area contributed by atoms with Gasteiger partial charge in [0.1, 0.15) is 0 Å². The lowest BCUT2D eigenvalue weighted by atomic mass is 10.0. The second kappa shape index (κ2) is 6.92. The Labute approximate surface area is 160 Å². The third-order valence-corrected chi connectivity index (χ3v) is 5.02. The molecule has 2 amide bonds. The maximum atomic E-state index is 12.6. The van der Waals surface area contributed by atoms with Gasteiger partial charge in [-0.05, 0) is 23.8 Å². The minimum Gasteiger partial charge on any atom is -0.358 e. The second-order valence-electron chi connectivity index (χ2n) is 6.53. The lowest BCUT2D eigenvalue weighted by Crippen LogP contribution is -2.42. The zero-order valence-corrected chi connectivity index (χ0v) is 15.1. The van der Waals surface area contributed by atoms with Gasteiger partial charge in [-0.3, -0.25) is 10.1 Å². The number of halogens is 1. The average molecular weight is 385 g/mol. The molecular formula is C19H17ClN4O3. The van der Waals surface area contributed by atoms with Crippen molar-refractivity contribution in [3.05, 3.63) is 74.4 Å². The van der Waals surface area contributed by atoms with Gasteiger partial charge in [-0.15, -0.1) is 0 Å². The van der Waals surface area contributed by atoms with Gasteiger partial charge in [-0.2, -0.15) is 0 Å². The number of urea groups is 1. The molecule has 0 bridgehead atoms. The van der Waals surface area contributed by atoms with Gasteiger partial charge in [0.05, 0.1) is 4.92 Å². The number of nitro groups is 1. The molecule has 1 aromatic heterocycles. The Morgan fingerprint density at radius 1 is 1.30 bits per heavy atom. The molecule has 7 nitrogen and oxygen atoms in total. The van der Waals surface area contributed by atoms with E-state index >= 15 is 0 Å². The van der Waals surface area contributed by atoms with Crippen LogP contribution in [0.4, 0.5) is 10.5 Å². The number of nitrogens with zero attached hydrogens (tertiary/aromatic N) is 2. The number of hydrogen-bond donors (Lipinski definition) is 2. The summed E-state index contributed by atoms with van der Waals surface area (Å²) in [5.41, 5.74) is 3.94. The fourth-order valence-electron chi connectivity index (χ4n) is 3.43. The number of hydrogen-bond acceptors (Lipinski definition) is 3. The fraction of sp³-hybridized carbons (Fsp3) is 0.211. The number of H-pyrrole nitrogens is 1. The SMILES string of the molecule is O=C(NCc1cccc([N+](=O)[O-])c1)N1CCc2[nH]c3ccc(Cl)cc3c2C1. The summed E-state index contributed by atoms with van der Waals surface area (Å²) in [7, 11) is 0. The van der Waals surface area contributed by atoms with E-state index < -0.39 is 4.92 Å². The highest BCUT2D eigenvalue weighted by atomic mass is 35.5. The second-order valence-corrected chi connectivity index (χ2v) is 6.97. The molecule has 0 atom stereocenters. The molecule has 0 fully saturated rings. The van der Waals surface area contributed by atoms with Gasteiger partial charge < -0.3 is 15.2 Å². The number of rotatable bonds is 3. The molecule has 0 aliphatic carbocycles. The summed E-state index contributed by atoms with van der Waals surface area (Å²) in [4.78, 5) is 28.1. The quantitative estimate of drug-likeness (QED) is 0.528. The first-order chi connectivity index (χ1) is 13.0. The van der Waals surface area contributed by atoms with Crippen molar-refractivity contribution < 1.29 is 9.72 Å². The maximum absolute atomic E-state index is 12.6. The van der Waals surface area contributed by atoms with Crippen LogP contribution in [-0.4, -0.2) is 27.4 Å². The van der Waals surface area contributed by atoms with Crippen molar-refractivity contribution in [1.82, 2.24) is 15.2 Å². The molecule has 8 heteroatoms. The van der Waals surface area contributed by atoms with Crippen molar-refractivity contribution in [3.63, 3.8) is 0 Å². The Bertz CT molecular complexity index is 1050. The Kier molecular flexibility index (Phi) is 4.45. The standard InChI is InChI=1S/C19H17ClN4O3/c20-13-4-5-17-15(9-13)16-11-23(7-6-18(16)22-17)19(25)21-10-12-2-1-3-14(8-12)24(26)27/h1-5,8-9,22H,6-7,10-11H2,(H,21,25). The lowest BCUT2D eigenvalue weighted by Gasteiger charge is -2.27. The summed E-state index contributed by atoms with van der Waals surface area (Å²) in [6.45, 7) is 1.34. The van der Waals surface area contributed by atoms with Crippen molar-refractivity contribution >= 4 is 34.2 Å². The van der Waals surface area contributed by atoms with E-state index in [0.29, 0.717) is 23.7 Å². The molecule has 4 rings (SSSR count). The molecular weight excluding hydrogens is 368 g/mol. The third-order valence-electron chi connectivity index (χ3n) is 4.79. The number of amides is 2. The van der Waals surface area contributed by atoms with Crippen LogP contribution in [0, 0.1) is 10.1 Å². The smallest absolute Gasteiger partial charge is 0.317 e. The van der Waals surface area contributed by atoms with Crippen LogP contribution in [0.1, 0.15) is 16.8 Å². The van der Waals surface area contributed by atoms with Crippen molar-refractivity contribution in [1.29, 1.82) is 0 Å². The van der Waals surface area contributed by atoms with Gasteiger partial charge in [0.15, 0.2) is 0 Å². The zero-order valence-electron chi connectivity index (χ0n) is 14.4. The van der Waals surface area contributed by atoms with E-state index in [-0.39, 0.29) is 18.3 Å². The van der Waals surface area contributed by atoms with E-state index in [1.807, 2.05) is 18.2 Å². The van der Waals surface area contributed by atoms with Crippen molar-refractivity contribution in [2.75, 3.05) is 6.54 Å². The first kappa shape index (κ1) is 17.4. The number of aromatic nitrogens is 1. The number of nitro benzene ring substituents is 1. The third kappa shape index (κ3) is 3.46. The monoisotopic (exact) mass is 384 g/mol. The Morgan fingerprint density at radius 3 is 2.96 bits per heavy atom. The first-order valence-corrected chi connectivity index (χ1v) is 8.94. The highest BCUT2D eigenvalue weighted by molar-refractivity contribution is 6.31. The summed E-state index contributed by atoms with van der Waals surface area (Å²) in [6.07, 6.45) is 0.742. The van der Waals surface area contributed by atoms with E-state index in [9.17, 15) is 14.9 Å². The van der Waals surface area contributed by atoms with Crippen LogP contribution in [-0.2, 0) is 19.5 Å². The topological polar surface area (TPSA) is 91.3 Å². The molecule has 27 heavy (non-hydrogen) atoms. The summed E-state index contributed by atoms with van der Waals surface area (Å²) >= 11 is 6.11. The predicted octanol–water partition coefficient (Wildman–Crippen LogP) is 4.00. The van der Waals surface area contributed by atoms with Crippen molar-refractivity contribution in [3.8, 4) is 0 Å². The number of nitrogens with one attached hydrogen (secondary N) is 2. The van der Waals surface area contributed by atoms with E-state index in [4.69, 9.17) is 11.6 Å². The molecule has 2 aromatic carbocycles. The number of fused-ring (bicyclic) bond motifs is 3. The molecule has 2 N–H and O–H groups in total. The van der Waals surface area contributed by atoms with Crippen LogP contribution in [0.5, 0.6) is 0 Å². The molecule has 0 saturated carbocycles. The molecule has 2 heterocycles. The zero-order chi connectivity index (χ0) is 19.0. The fourth-order valence-corrected chi connectivity index (χ4v) is 3.60. The van der Waals surface area contributed by atoms with Gasteiger partial charge in [0.2, 0.25) is 0 Å². The van der Waals surface area contributed by atoms with E-state index in [2.05, 4.69) is 10.3 Å². The van der Waals surface area contributed by atoms with Gasteiger partial charge >= 0.3 is 6.03 Å². The molecule has 0 saturated heterocycles. The minimum atomic E-state index is -0.445. The number of carbonyl (C=O) groups is 1. The van der Waals surface area contributed by atoms with Gasteiger partial charge in [0, 0.05) is 65.4 Å². The summed E-state index contributed by atoms with van der Waals surface area (Å²) in [6, 6.07) is 11.8. The summed E-state index contributed by atoms with van der Waals surface area (Å²) in [5, 5.41) is 15.4. The van der Waals surface area contributed by atoms with Gasteiger partial charge in [0.25, 0.3) is 5.69 Å². The Balaban J connectivity index is 1.46. The molecule has 138 valence electrons. The molecule has 0 unspecified atom stereocenters. The van der Waals surface area contributed by atoms with E-state index in [1.54, 1.807) is 17.0 Å². The number of carbonyl (C=O) groups excluding carboxylic acids is 1. The summed E-state index contributed by atoms with van der Waals surface area (Å²) < 4.78 is 0. The summed E-state index contributed by atoms with van der Waals surface area (Å²) in [5.74, 6) is 0. The van der Waals surface area contributed by atoms with Crippen LogP contribution in [0.25, 0.3) is 10.9 Å². The predicted molar refractivity (Wildman–Crippen MR) is 103 cm³/mol. The van der Waals surface area contributed by atoms with Crippen molar-refractivity contribution in [2.45, 2.75) is 19.5 Å². The number of benzene rings is 2. The highest BCUT2D eigenvalue weighted by Gasteiger charge is 2.24. The van der Waals surface area contributed by atoms with Crippen LogP contribution in [0.15, 0.2) is 42.5 Å². The van der Waals surface area contributed by atoms with E-state index in [1.165, 1.54) is 12.1 Å². The molecule has 0 spiro atoms. The van der Waals surface area contributed by atoms with Gasteiger partial charge in [-0.25, -0.2) is 4.79 Å². The molecule has 1 aliphatic heterocycles. The Morgan fingerprint density at radius 2 is 2.15 bits per heavy atom. The Hall–Kier alpha value is -3.06. The average Bonchev–Trinajstić information content (AvgIpc) is 3.03. The lowest BCUT2D eigenvalue weighted by molar-refractivity contribution is -0.384. The minimum absolute atomic E-state index is 0.0139. The van der Waals surface area contributed by atoms with Crippen molar-refractivity contribution in [2.24, 2.45) is 0 Å². The van der Waals surface area contributed by atoms with Crippen LogP contribution in [0.2, 0.25) is 5.02 Å². The molecule has 3 aromatic rings. The highest BCUT2D eigenvalue weighted by Crippen LogP contribution is 2.29. The molecule has 1 aliphatic rings. The number of non-ortho nitro benzene ring substituents is 1. The van der Waals surface area contributed by atoms with E-state index in [0.717, 1.165) is 28.6 Å². The normalized spacial score (nSPS) is 13.4. The van der Waals surface area contributed by atoms with Crippen LogP contribution >= 0.6 is 11.6 Å². The first-order valence-electron chi connectivity index (χ1n) is 8.56.